The number of fused-ring (bicyclic) bond motifs is 1. The molecule has 3 aliphatic heterocycles. The molecule has 1 aromatic rings. The Hall–Kier alpha value is -1.50. The van der Waals surface area contributed by atoms with Gasteiger partial charge >= 0.3 is 0 Å². The molecule has 6 nitrogen and oxygen atoms in total. The number of likely N-dealkylation sites (N-methyl/N-ethyl adjacent to an activating group) is 1. The SMILES string of the molecule is COc1cc2c(cc1CN1CCCN(C)C3(CCNCC3)C1)OCCO2. The Bertz CT molecular complexity index is 631. The lowest BCUT2D eigenvalue weighted by atomic mass is 9.86. The van der Waals surface area contributed by atoms with Crippen LogP contribution in [0.2, 0.25) is 0 Å². The van der Waals surface area contributed by atoms with Crippen LogP contribution in [-0.2, 0) is 6.54 Å². The van der Waals surface area contributed by atoms with E-state index in [9.17, 15) is 0 Å². The maximum atomic E-state index is 5.79. The number of piperidine rings is 1. The third-order valence-electron chi connectivity index (χ3n) is 6.17. The minimum atomic E-state index is 0.294. The Morgan fingerprint density at radius 2 is 1.85 bits per heavy atom. The van der Waals surface area contributed by atoms with Crippen molar-refractivity contribution >= 4 is 0 Å². The number of nitrogens with one attached hydrogen (secondary N) is 1. The molecule has 0 aliphatic carbocycles. The first-order chi connectivity index (χ1) is 12.7. The molecule has 0 unspecified atom stereocenters. The largest absolute Gasteiger partial charge is 0.496 e. The third kappa shape index (κ3) is 3.50. The van der Waals surface area contributed by atoms with Crippen LogP contribution < -0.4 is 19.5 Å². The van der Waals surface area contributed by atoms with Crippen LogP contribution in [0.5, 0.6) is 17.2 Å². The quantitative estimate of drug-likeness (QED) is 0.885. The van der Waals surface area contributed by atoms with E-state index < -0.39 is 0 Å². The highest BCUT2D eigenvalue weighted by Gasteiger charge is 2.39. The topological polar surface area (TPSA) is 46.2 Å². The lowest BCUT2D eigenvalue weighted by molar-refractivity contribution is 0.0635. The van der Waals surface area contributed by atoms with Gasteiger partial charge in [-0.1, -0.05) is 0 Å². The zero-order chi connectivity index (χ0) is 18.0. The van der Waals surface area contributed by atoms with Gasteiger partial charge in [0.05, 0.1) is 7.11 Å². The van der Waals surface area contributed by atoms with Gasteiger partial charge in [0, 0.05) is 30.3 Å². The number of ether oxygens (including phenoxy) is 3. The minimum absolute atomic E-state index is 0.294. The molecule has 3 aliphatic rings. The van der Waals surface area contributed by atoms with Gasteiger partial charge in [-0.05, 0) is 58.6 Å². The molecule has 1 aromatic carbocycles. The molecule has 0 saturated carbocycles. The Balaban J connectivity index is 1.56. The average Bonchev–Trinajstić information content (AvgIpc) is 2.81. The molecule has 0 amide bonds. The van der Waals surface area contributed by atoms with Gasteiger partial charge in [0.25, 0.3) is 0 Å². The first kappa shape index (κ1) is 17.9. The van der Waals surface area contributed by atoms with Crippen LogP contribution in [0.1, 0.15) is 24.8 Å². The molecule has 144 valence electrons. The summed E-state index contributed by atoms with van der Waals surface area (Å²) in [5.74, 6) is 2.53. The highest BCUT2D eigenvalue weighted by atomic mass is 16.6. The summed E-state index contributed by atoms with van der Waals surface area (Å²) in [6, 6.07) is 4.09. The van der Waals surface area contributed by atoms with E-state index in [0.717, 1.165) is 50.0 Å². The Morgan fingerprint density at radius 1 is 1.12 bits per heavy atom. The first-order valence-corrected chi connectivity index (χ1v) is 9.81. The lowest BCUT2D eigenvalue weighted by Gasteiger charge is -2.45. The predicted molar refractivity (Wildman–Crippen MR) is 101 cm³/mol. The average molecular weight is 361 g/mol. The number of hydrogen-bond acceptors (Lipinski definition) is 6. The molecule has 1 spiro atoms. The fourth-order valence-corrected chi connectivity index (χ4v) is 4.62. The van der Waals surface area contributed by atoms with Gasteiger partial charge < -0.3 is 19.5 Å². The van der Waals surface area contributed by atoms with Crippen molar-refractivity contribution in [3.8, 4) is 17.2 Å². The van der Waals surface area contributed by atoms with Crippen molar-refractivity contribution in [3.05, 3.63) is 17.7 Å². The summed E-state index contributed by atoms with van der Waals surface area (Å²) in [6.07, 6.45) is 3.65. The molecule has 3 heterocycles. The van der Waals surface area contributed by atoms with Gasteiger partial charge in [-0.2, -0.15) is 0 Å². The highest BCUT2D eigenvalue weighted by Crippen LogP contribution is 2.38. The summed E-state index contributed by atoms with van der Waals surface area (Å²) in [7, 11) is 4.04. The van der Waals surface area contributed by atoms with Crippen LogP contribution in [0.25, 0.3) is 0 Å². The van der Waals surface area contributed by atoms with Gasteiger partial charge in [0.15, 0.2) is 11.5 Å². The van der Waals surface area contributed by atoms with Crippen molar-refractivity contribution in [2.45, 2.75) is 31.3 Å². The molecule has 0 atom stereocenters. The van der Waals surface area contributed by atoms with Crippen LogP contribution in [0.4, 0.5) is 0 Å². The molecule has 1 N–H and O–H groups in total. The van der Waals surface area contributed by atoms with Crippen LogP contribution in [0, 0.1) is 0 Å². The molecular formula is C20H31N3O3. The van der Waals surface area contributed by atoms with Crippen molar-refractivity contribution in [1.29, 1.82) is 0 Å². The summed E-state index contributed by atoms with van der Waals surface area (Å²) in [6.45, 7) is 7.75. The van der Waals surface area contributed by atoms with Crippen LogP contribution >= 0.6 is 0 Å². The van der Waals surface area contributed by atoms with Gasteiger partial charge in [-0.25, -0.2) is 0 Å². The normalized spacial score (nSPS) is 23.6. The van der Waals surface area contributed by atoms with Crippen LogP contribution in [0.3, 0.4) is 0 Å². The van der Waals surface area contributed by atoms with E-state index >= 15 is 0 Å². The van der Waals surface area contributed by atoms with Crippen molar-refractivity contribution in [3.63, 3.8) is 0 Å². The zero-order valence-electron chi connectivity index (χ0n) is 16.1. The zero-order valence-corrected chi connectivity index (χ0v) is 16.1. The van der Waals surface area contributed by atoms with Gasteiger partial charge in [-0.3, -0.25) is 9.80 Å². The first-order valence-electron chi connectivity index (χ1n) is 9.81. The highest BCUT2D eigenvalue weighted by molar-refractivity contribution is 5.51. The number of hydrogen-bond donors (Lipinski definition) is 1. The van der Waals surface area contributed by atoms with Crippen molar-refractivity contribution < 1.29 is 14.2 Å². The molecule has 26 heavy (non-hydrogen) atoms. The van der Waals surface area contributed by atoms with Crippen molar-refractivity contribution in [2.75, 3.05) is 60.1 Å². The summed E-state index contributed by atoms with van der Waals surface area (Å²) < 4.78 is 17.2. The monoisotopic (exact) mass is 361 g/mol. The fourth-order valence-electron chi connectivity index (χ4n) is 4.62. The molecular weight excluding hydrogens is 330 g/mol. The number of methoxy groups -OCH3 is 1. The van der Waals surface area contributed by atoms with Crippen LogP contribution in [0.15, 0.2) is 12.1 Å². The number of nitrogens with zero attached hydrogens (tertiary/aromatic N) is 2. The second kappa shape index (κ2) is 7.62. The summed E-state index contributed by atoms with van der Waals surface area (Å²) >= 11 is 0. The number of rotatable bonds is 3. The standard InChI is InChI=1S/C20H31N3O3/c1-22-8-3-9-23(15-20(22)4-6-21-7-5-20)14-16-12-18-19(13-17(16)24-2)26-11-10-25-18/h12-13,21H,3-11,14-15H2,1-2H3. The Kier molecular flexibility index (Phi) is 5.25. The lowest BCUT2D eigenvalue weighted by Crippen LogP contribution is -2.57. The minimum Gasteiger partial charge on any atom is -0.496 e. The molecule has 6 heteroatoms. The third-order valence-corrected chi connectivity index (χ3v) is 6.17. The smallest absolute Gasteiger partial charge is 0.165 e. The summed E-state index contributed by atoms with van der Waals surface area (Å²) in [5.41, 5.74) is 1.48. The molecule has 0 bridgehead atoms. The molecule has 4 rings (SSSR count). The van der Waals surface area contributed by atoms with Gasteiger partial charge in [0.1, 0.15) is 19.0 Å². The van der Waals surface area contributed by atoms with Gasteiger partial charge in [0.2, 0.25) is 0 Å². The van der Waals surface area contributed by atoms with E-state index in [-0.39, 0.29) is 0 Å². The van der Waals surface area contributed by atoms with Crippen molar-refractivity contribution in [2.24, 2.45) is 0 Å². The van der Waals surface area contributed by atoms with E-state index in [1.807, 2.05) is 6.07 Å². The maximum absolute atomic E-state index is 5.79. The molecule has 2 fully saturated rings. The Labute approximate surface area is 156 Å². The van der Waals surface area contributed by atoms with E-state index in [2.05, 4.69) is 28.2 Å². The van der Waals surface area contributed by atoms with Crippen LogP contribution in [-0.4, -0.2) is 75.4 Å². The van der Waals surface area contributed by atoms with E-state index in [4.69, 9.17) is 14.2 Å². The molecule has 0 radical (unpaired) electrons. The predicted octanol–water partition coefficient (Wildman–Crippen LogP) is 1.73. The number of benzene rings is 1. The summed E-state index contributed by atoms with van der Waals surface area (Å²) in [5, 5.41) is 3.52. The second-order valence-corrected chi connectivity index (χ2v) is 7.77. The van der Waals surface area contributed by atoms with E-state index in [0.29, 0.717) is 18.8 Å². The van der Waals surface area contributed by atoms with E-state index in [1.165, 1.54) is 31.4 Å². The van der Waals surface area contributed by atoms with E-state index in [1.54, 1.807) is 7.11 Å². The fraction of sp³-hybridized carbons (Fsp3) is 0.700. The van der Waals surface area contributed by atoms with Gasteiger partial charge in [-0.15, -0.1) is 0 Å². The maximum Gasteiger partial charge on any atom is 0.165 e. The molecule has 2 saturated heterocycles. The molecule has 0 aromatic heterocycles. The summed E-state index contributed by atoms with van der Waals surface area (Å²) in [4.78, 5) is 5.21. The second-order valence-electron chi connectivity index (χ2n) is 7.77. The van der Waals surface area contributed by atoms with Crippen molar-refractivity contribution in [1.82, 2.24) is 15.1 Å². The Morgan fingerprint density at radius 3 is 2.58 bits per heavy atom.